The van der Waals surface area contributed by atoms with E-state index in [4.69, 9.17) is 0 Å². The summed E-state index contributed by atoms with van der Waals surface area (Å²) in [6.45, 7) is -0.495. The minimum Gasteiger partial charge on any atom is -0.313 e. The van der Waals surface area contributed by atoms with Gasteiger partial charge in [-0.1, -0.05) is 0 Å². The Labute approximate surface area is 122 Å². The van der Waals surface area contributed by atoms with E-state index in [1.54, 1.807) is 0 Å². The second-order valence-electron chi connectivity index (χ2n) is 3.65. The van der Waals surface area contributed by atoms with E-state index in [1.807, 2.05) is 0 Å². The van der Waals surface area contributed by atoms with Crippen molar-refractivity contribution in [1.82, 2.24) is 9.55 Å². The number of aromatic amines is 1. The maximum Gasteiger partial charge on any atom is 0.328 e. The smallest absolute Gasteiger partial charge is 0.313 e. The van der Waals surface area contributed by atoms with Crippen LogP contribution in [-0.2, 0) is 6.54 Å². The van der Waals surface area contributed by atoms with Gasteiger partial charge in [-0.2, -0.15) is 0 Å². The second-order valence-corrected chi connectivity index (χ2v) is 5.36. The van der Waals surface area contributed by atoms with Gasteiger partial charge in [0.2, 0.25) is 0 Å². The summed E-state index contributed by atoms with van der Waals surface area (Å²) in [4.78, 5) is 25.6. The third-order valence-corrected chi connectivity index (χ3v) is 3.65. The predicted molar refractivity (Wildman–Crippen MR) is 72.2 cm³/mol. The van der Waals surface area contributed by atoms with Gasteiger partial charge in [-0.15, -0.1) is 0 Å². The molecular weight excluding hydrogens is 390 g/mol. The maximum absolute atomic E-state index is 13.8. The van der Waals surface area contributed by atoms with E-state index in [9.17, 15) is 18.4 Å². The molecule has 0 atom stereocenters. The molecule has 0 saturated heterocycles. The van der Waals surface area contributed by atoms with E-state index in [0.29, 0.717) is 4.57 Å². The molecule has 0 unspecified atom stereocenters. The van der Waals surface area contributed by atoms with Crippen LogP contribution in [0.25, 0.3) is 0 Å². The number of nitrogens with one attached hydrogen (secondary N) is 1. The Balaban J connectivity index is 2.61. The lowest BCUT2D eigenvalue weighted by Gasteiger charge is -2.08. The third-order valence-electron chi connectivity index (χ3n) is 2.47. The molecule has 0 aliphatic rings. The minimum absolute atomic E-state index is 0.0587. The second kappa shape index (κ2) is 5.38. The Morgan fingerprint density at radius 3 is 2.53 bits per heavy atom. The van der Waals surface area contributed by atoms with Crippen LogP contribution >= 0.6 is 31.9 Å². The van der Waals surface area contributed by atoms with E-state index in [0.717, 1.165) is 6.07 Å². The zero-order valence-corrected chi connectivity index (χ0v) is 12.4. The van der Waals surface area contributed by atoms with Gasteiger partial charge in [0.15, 0.2) is 0 Å². The van der Waals surface area contributed by atoms with E-state index in [1.165, 1.54) is 12.3 Å². The number of benzene rings is 1. The van der Waals surface area contributed by atoms with Gasteiger partial charge in [0, 0.05) is 11.8 Å². The number of rotatable bonds is 2. The summed E-state index contributed by atoms with van der Waals surface area (Å²) in [5.74, 6) is -1.67. The van der Waals surface area contributed by atoms with E-state index in [2.05, 4.69) is 36.8 Å². The highest BCUT2D eigenvalue weighted by Crippen LogP contribution is 2.21. The summed E-state index contributed by atoms with van der Waals surface area (Å²) in [6, 6.07) is 2.27. The average Bonchev–Trinajstić information content (AvgIpc) is 2.38. The molecule has 1 N–H and O–H groups in total. The lowest BCUT2D eigenvalue weighted by Crippen LogP contribution is -2.35. The van der Waals surface area contributed by atoms with Crippen molar-refractivity contribution in [2.45, 2.75) is 6.54 Å². The molecule has 0 aliphatic heterocycles. The number of aromatic nitrogens is 2. The third kappa shape index (κ3) is 2.69. The van der Waals surface area contributed by atoms with Crippen LogP contribution in [0.15, 0.2) is 36.9 Å². The van der Waals surface area contributed by atoms with E-state index in [-0.39, 0.29) is 14.5 Å². The molecule has 8 heteroatoms. The summed E-state index contributed by atoms with van der Waals surface area (Å²) in [5.41, 5.74) is -1.77. The zero-order chi connectivity index (χ0) is 14.2. The number of nitrogens with zero attached hydrogens (tertiary/aromatic N) is 1. The molecule has 0 spiro atoms. The van der Waals surface area contributed by atoms with Crippen LogP contribution in [0.2, 0.25) is 0 Å². The normalized spacial score (nSPS) is 10.7. The van der Waals surface area contributed by atoms with Gasteiger partial charge in [0.05, 0.1) is 15.5 Å². The van der Waals surface area contributed by atoms with Gasteiger partial charge in [0.1, 0.15) is 11.6 Å². The molecule has 4 nitrogen and oxygen atoms in total. The summed E-state index contributed by atoms with van der Waals surface area (Å²) < 4.78 is 28.2. The zero-order valence-electron chi connectivity index (χ0n) is 9.21. The molecule has 0 amide bonds. The van der Waals surface area contributed by atoms with Crippen LogP contribution in [0.3, 0.4) is 0 Å². The van der Waals surface area contributed by atoms with Gasteiger partial charge in [0.25, 0.3) is 5.56 Å². The first-order chi connectivity index (χ1) is 8.91. The lowest BCUT2D eigenvalue weighted by atomic mass is 10.2. The number of hydrogen-bond donors (Lipinski definition) is 1. The molecule has 1 aromatic carbocycles. The minimum atomic E-state index is -0.841. The van der Waals surface area contributed by atoms with Crippen molar-refractivity contribution >= 4 is 31.9 Å². The van der Waals surface area contributed by atoms with Gasteiger partial charge in [-0.05, 0) is 44.0 Å². The Bertz CT molecular complexity index is 755. The molecule has 0 aliphatic carbocycles. The molecule has 0 radical (unpaired) electrons. The van der Waals surface area contributed by atoms with Crippen LogP contribution < -0.4 is 11.2 Å². The van der Waals surface area contributed by atoms with E-state index < -0.39 is 29.4 Å². The van der Waals surface area contributed by atoms with Crippen molar-refractivity contribution in [3.8, 4) is 0 Å². The molecule has 2 aromatic rings. The number of hydrogen-bond acceptors (Lipinski definition) is 2. The largest absolute Gasteiger partial charge is 0.328 e. The topological polar surface area (TPSA) is 54.9 Å². The van der Waals surface area contributed by atoms with Crippen LogP contribution in [0.5, 0.6) is 0 Å². The van der Waals surface area contributed by atoms with Crippen LogP contribution in [0.4, 0.5) is 8.78 Å². The first kappa shape index (κ1) is 14.1. The molecule has 0 saturated carbocycles. The Kier molecular flexibility index (Phi) is 4.00. The van der Waals surface area contributed by atoms with Crippen molar-refractivity contribution in [3.05, 3.63) is 65.3 Å². The van der Waals surface area contributed by atoms with Crippen LogP contribution in [-0.4, -0.2) is 9.55 Å². The molecule has 0 bridgehead atoms. The van der Waals surface area contributed by atoms with Gasteiger partial charge in [-0.3, -0.25) is 9.36 Å². The molecule has 19 heavy (non-hydrogen) atoms. The van der Waals surface area contributed by atoms with E-state index >= 15 is 0 Å². The first-order valence-electron chi connectivity index (χ1n) is 5.02. The highest BCUT2D eigenvalue weighted by molar-refractivity contribution is 9.10. The highest BCUT2D eigenvalue weighted by Gasteiger charge is 2.15. The Hall–Kier alpha value is -1.28. The van der Waals surface area contributed by atoms with Crippen molar-refractivity contribution in [3.63, 3.8) is 0 Å². The fourth-order valence-electron chi connectivity index (χ4n) is 1.50. The predicted octanol–water partition coefficient (Wildman–Crippen LogP) is 2.39. The lowest BCUT2D eigenvalue weighted by molar-refractivity contribution is 0.532. The quantitative estimate of drug-likeness (QED) is 0.794. The summed E-state index contributed by atoms with van der Waals surface area (Å²) in [6.07, 6.45) is 1.18. The number of H-pyrrole nitrogens is 1. The number of halogens is 4. The maximum atomic E-state index is 13.8. The standard InChI is InChI=1S/C11H6Br2F2N2O2/c12-6-1-2-8(14)5(9(6)15)4-17-10(18)7(13)3-16-11(17)19/h1-3H,4H2,(H,16,19). The van der Waals surface area contributed by atoms with Crippen LogP contribution in [0.1, 0.15) is 5.56 Å². The first-order valence-corrected chi connectivity index (χ1v) is 6.61. The summed E-state index contributed by atoms with van der Waals surface area (Å²) in [5, 5.41) is 0. The molecule has 1 heterocycles. The van der Waals surface area contributed by atoms with Gasteiger partial charge in [-0.25, -0.2) is 13.6 Å². The summed E-state index contributed by atoms with van der Waals surface area (Å²) >= 11 is 5.87. The van der Waals surface area contributed by atoms with Crippen LogP contribution in [0, 0.1) is 11.6 Å². The van der Waals surface area contributed by atoms with Gasteiger partial charge < -0.3 is 4.98 Å². The SMILES string of the molecule is O=c1[nH]cc(Br)c(=O)n1Cc1c(F)ccc(Br)c1F. The fourth-order valence-corrected chi connectivity index (χ4v) is 2.20. The van der Waals surface area contributed by atoms with Crippen molar-refractivity contribution in [2.75, 3.05) is 0 Å². The fraction of sp³-hybridized carbons (Fsp3) is 0.0909. The monoisotopic (exact) mass is 394 g/mol. The van der Waals surface area contributed by atoms with Crippen molar-refractivity contribution in [1.29, 1.82) is 0 Å². The molecule has 1 aromatic heterocycles. The summed E-state index contributed by atoms with van der Waals surface area (Å²) in [7, 11) is 0. The average molecular weight is 396 g/mol. The Morgan fingerprint density at radius 2 is 1.84 bits per heavy atom. The van der Waals surface area contributed by atoms with Crippen molar-refractivity contribution < 1.29 is 8.78 Å². The van der Waals surface area contributed by atoms with Gasteiger partial charge >= 0.3 is 5.69 Å². The van der Waals surface area contributed by atoms with Crippen molar-refractivity contribution in [2.24, 2.45) is 0 Å². The molecule has 2 rings (SSSR count). The Morgan fingerprint density at radius 1 is 1.16 bits per heavy atom. The molecule has 100 valence electrons. The molecular formula is C11H6Br2F2N2O2. The molecule has 0 fully saturated rings. The highest BCUT2D eigenvalue weighted by atomic mass is 79.9.